The summed E-state index contributed by atoms with van der Waals surface area (Å²) in [6.07, 6.45) is 0.942. The first-order valence-electron chi connectivity index (χ1n) is 6.15. The van der Waals surface area contributed by atoms with E-state index in [0.29, 0.717) is 6.54 Å². The average molecular weight is 249 g/mol. The van der Waals surface area contributed by atoms with Crippen LogP contribution in [0.25, 0.3) is 0 Å². The van der Waals surface area contributed by atoms with Gasteiger partial charge < -0.3 is 14.4 Å². The largest absolute Gasteiger partial charge is 0.497 e. The number of hydrogen-bond acceptors (Lipinski definition) is 3. The maximum absolute atomic E-state index is 11.9. The van der Waals surface area contributed by atoms with Gasteiger partial charge in [-0.25, -0.2) is 0 Å². The Labute approximate surface area is 107 Å². The van der Waals surface area contributed by atoms with Gasteiger partial charge in [-0.2, -0.15) is 0 Å². The number of carbonyl (C=O) groups excluding carboxylic acids is 1. The van der Waals surface area contributed by atoms with Crippen molar-refractivity contribution in [1.29, 1.82) is 0 Å². The molecular weight excluding hydrogens is 230 g/mol. The second-order valence-corrected chi connectivity index (χ2v) is 4.63. The maximum Gasteiger partial charge on any atom is 0.225 e. The summed E-state index contributed by atoms with van der Waals surface area (Å²) >= 11 is 0. The number of benzene rings is 1. The minimum atomic E-state index is 0.147. The quantitative estimate of drug-likeness (QED) is 0.820. The second kappa shape index (κ2) is 5.29. The molecular formula is C14H19NO3. The van der Waals surface area contributed by atoms with Gasteiger partial charge in [0.1, 0.15) is 11.5 Å². The number of hydrogen-bond donors (Lipinski definition) is 0. The Hall–Kier alpha value is -1.71. The van der Waals surface area contributed by atoms with Crippen molar-refractivity contribution in [3.05, 3.63) is 23.8 Å². The first kappa shape index (κ1) is 12.7. The summed E-state index contributed by atoms with van der Waals surface area (Å²) in [4.78, 5) is 13.8. The fourth-order valence-corrected chi connectivity index (χ4v) is 2.24. The zero-order valence-corrected chi connectivity index (χ0v) is 11.1. The van der Waals surface area contributed by atoms with Crippen LogP contribution >= 0.6 is 0 Å². The van der Waals surface area contributed by atoms with E-state index in [-0.39, 0.29) is 11.8 Å². The molecule has 0 saturated carbocycles. The molecule has 0 unspecified atom stereocenters. The van der Waals surface area contributed by atoms with E-state index in [0.717, 1.165) is 30.0 Å². The second-order valence-electron chi connectivity index (χ2n) is 4.63. The smallest absolute Gasteiger partial charge is 0.225 e. The summed E-state index contributed by atoms with van der Waals surface area (Å²) in [6.45, 7) is 3.42. The Morgan fingerprint density at radius 1 is 1.33 bits per heavy atom. The molecule has 0 aliphatic carbocycles. The van der Waals surface area contributed by atoms with Gasteiger partial charge in [0.15, 0.2) is 0 Å². The molecule has 0 radical (unpaired) electrons. The Balaban J connectivity index is 2.16. The van der Waals surface area contributed by atoms with Crippen molar-refractivity contribution in [3.8, 4) is 11.5 Å². The van der Waals surface area contributed by atoms with E-state index in [1.807, 2.05) is 30.0 Å². The van der Waals surface area contributed by atoms with Crippen molar-refractivity contribution in [3.63, 3.8) is 0 Å². The zero-order valence-electron chi connectivity index (χ0n) is 11.1. The van der Waals surface area contributed by atoms with Gasteiger partial charge in [0.25, 0.3) is 0 Å². The minimum Gasteiger partial charge on any atom is -0.497 e. The molecule has 0 bridgehead atoms. The molecule has 1 amide bonds. The molecule has 0 aromatic heterocycles. The van der Waals surface area contributed by atoms with Crippen LogP contribution in [0.3, 0.4) is 0 Å². The molecule has 18 heavy (non-hydrogen) atoms. The highest BCUT2D eigenvalue weighted by Gasteiger charge is 2.28. The third kappa shape index (κ3) is 2.42. The van der Waals surface area contributed by atoms with Crippen molar-refractivity contribution >= 4 is 5.91 Å². The normalized spacial score (nSPS) is 19.2. The van der Waals surface area contributed by atoms with Crippen LogP contribution in [0.4, 0.5) is 0 Å². The molecule has 1 aromatic carbocycles. The molecule has 4 nitrogen and oxygen atoms in total. The SMILES string of the molecule is COc1ccc(CN2CC[C@@H](C)C2=O)c(OC)c1. The number of ether oxygens (including phenoxy) is 2. The predicted octanol–water partition coefficient (Wildman–Crippen LogP) is 2.07. The fraction of sp³-hybridized carbons (Fsp3) is 0.500. The van der Waals surface area contributed by atoms with Gasteiger partial charge in [0.05, 0.1) is 14.2 Å². The maximum atomic E-state index is 11.9. The van der Waals surface area contributed by atoms with Gasteiger partial charge >= 0.3 is 0 Å². The summed E-state index contributed by atoms with van der Waals surface area (Å²) in [6, 6.07) is 5.69. The van der Waals surface area contributed by atoms with Crippen molar-refractivity contribution in [2.45, 2.75) is 19.9 Å². The van der Waals surface area contributed by atoms with Gasteiger partial charge in [-0.05, 0) is 18.6 Å². The lowest BCUT2D eigenvalue weighted by Crippen LogP contribution is -2.26. The molecule has 0 spiro atoms. The Bertz CT molecular complexity index is 445. The van der Waals surface area contributed by atoms with E-state index in [1.165, 1.54) is 0 Å². The standard InChI is InChI=1S/C14H19NO3/c1-10-6-7-15(14(10)16)9-11-4-5-12(17-2)8-13(11)18-3/h4-5,8,10H,6-7,9H2,1-3H3/t10-/m1/s1. The highest BCUT2D eigenvalue weighted by Crippen LogP contribution is 2.28. The number of nitrogens with zero attached hydrogens (tertiary/aromatic N) is 1. The van der Waals surface area contributed by atoms with Crippen LogP contribution in [0.5, 0.6) is 11.5 Å². The van der Waals surface area contributed by atoms with Gasteiger partial charge in [0, 0.05) is 30.6 Å². The monoisotopic (exact) mass is 249 g/mol. The van der Waals surface area contributed by atoms with E-state index < -0.39 is 0 Å². The molecule has 98 valence electrons. The number of likely N-dealkylation sites (tertiary alicyclic amines) is 1. The first-order valence-corrected chi connectivity index (χ1v) is 6.15. The molecule has 1 heterocycles. The highest BCUT2D eigenvalue weighted by atomic mass is 16.5. The van der Waals surface area contributed by atoms with E-state index in [1.54, 1.807) is 14.2 Å². The average Bonchev–Trinajstić information content (AvgIpc) is 2.71. The minimum absolute atomic E-state index is 0.147. The lowest BCUT2D eigenvalue weighted by molar-refractivity contribution is -0.131. The van der Waals surface area contributed by atoms with Crippen molar-refractivity contribution in [2.24, 2.45) is 5.92 Å². The van der Waals surface area contributed by atoms with Crippen LogP contribution in [-0.4, -0.2) is 31.6 Å². The topological polar surface area (TPSA) is 38.8 Å². The highest BCUT2D eigenvalue weighted by molar-refractivity contribution is 5.80. The Kier molecular flexibility index (Phi) is 3.75. The van der Waals surface area contributed by atoms with Crippen molar-refractivity contribution in [2.75, 3.05) is 20.8 Å². The molecule has 1 aliphatic rings. The summed E-state index contributed by atoms with van der Waals surface area (Å²) in [5.74, 6) is 1.90. The van der Waals surface area contributed by atoms with Crippen LogP contribution in [-0.2, 0) is 11.3 Å². The van der Waals surface area contributed by atoms with Crippen molar-refractivity contribution in [1.82, 2.24) is 4.90 Å². The van der Waals surface area contributed by atoms with Gasteiger partial charge in [-0.1, -0.05) is 6.92 Å². The third-order valence-corrected chi connectivity index (χ3v) is 3.42. The van der Waals surface area contributed by atoms with Gasteiger partial charge in [-0.3, -0.25) is 4.79 Å². The van der Waals surface area contributed by atoms with Crippen LogP contribution in [0.2, 0.25) is 0 Å². The molecule has 1 fully saturated rings. The fourth-order valence-electron chi connectivity index (χ4n) is 2.24. The lowest BCUT2D eigenvalue weighted by Gasteiger charge is -2.18. The van der Waals surface area contributed by atoms with Crippen LogP contribution in [0.15, 0.2) is 18.2 Å². The van der Waals surface area contributed by atoms with Crippen molar-refractivity contribution < 1.29 is 14.3 Å². The van der Waals surface area contributed by atoms with E-state index in [4.69, 9.17) is 9.47 Å². The van der Waals surface area contributed by atoms with Gasteiger partial charge in [0.2, 0.25) is 5.91 Å². The summed E-state index contributed by atoms with van der Waals surface area (Å²) in [7, 11) is 3.26. The molecule has 2 rings (SSSR count). The predicted molar refractivity (Wildman–Crippen MR) is 68.7 cm³/mol. The van der Waals surface area contributed by atoms with Crippen LogP contribution in [0.1, 0.15) is 18.9 Å². The van der Waals surface area contributed by atoms with Gasteiger partial charge in [-0.15, -0.1) is 0 Å². The first-order chi connectivity index (χ1) is 8.65. The third-order valence-electron chi connectivity index (χ3n) is 3.42. The number of amides is 1. The summed E-state index contributed by atoms with van der Waals surface area (Å²) in [5.41, 5.74) is 1.01. The molecule has 4 heteroatoms. The van der Waals surface area contributed by atoms with E-state index in [2.05, 4.69) is 0 Å². The lowest BCUT2D eigenvalue weighted by atomic mass is 10.1. The number of carbonyl (C=O) groups is 1. The molecule has 1 aliphatic heterocycles. The summed E-state index contributed by atoms with van der Waals surface area (Å²) in [5, 5.41) is 0. The molecule has 1 aromatic rings. The van der Waals surface area contributed by atoms with E-state index >= 15 is 0 Å². The molecule has 1 atom stereocenters. The molecule has 1 saturated heterocycles. The van der Waals surface area contributed by atoms with Crippen LogP contribution in [0, 0.1) is 5.92 Å². The van der Waals surface area contributed by atoms with E-state index in [9.17, 15) is 4.79 Å². The number of rotatable bonds is 4. The Morgan fingerprint density at radius 3 is 2.67 bits per heavy atom. The molecule has 0 N–H and O–H groups in total. The summed E-state index contributed by atoms with van der Waals surface area (Å²) < 4.78 is 10.5. The Morgan fingerprint density at radius 2 is 2.11 bits per heavy atom. The zero-order chi connectivity index (χ0) is 13.1. The number of methoxy groups -OCH3 is 2. The van der Waals surface area contributed by atoms with Crippen LogP contribution < -0.4 is 9.47 Å².